The number of carboxylic acids is 1. The summed E-state index contributed by atoms with van der Waals surface area (Å²) in [6, 6.07) is 5.50. The van der Waals surface area contributed by atoms with E-state index in [2.05, 4.69) is 15.9 Å². The molecule has 0 heterocycles. The van der Waals surface area contributed by atoms with Crippen molar-refractivity contribution in [1.29, 1.82) is 0 Å². The van der Waals surface area contributed by atoms with Crippen molar-refractivity contribution >= 4 is 27.6 Å². The standard InChI is InChI=1S/C15H20BrNO2/c16-11-7-8-13(17)12(9-11)14(15(18)19)10-5-3-1-2-4-6-10/h7-10,14H,1-6,17H2,(H,18,19). The minimum atomic E-state index is -0.753. The number of halogens is 1. The van der Waals surface area contributed by atoms with E-state index in [1.54, 1.807) is 6.07 Å². The molecule has 2 rings (SSSR count). The van der Waals surface area contributed by atoms with Gasteiger partial charge in [0.05, 0.1) is 5.92 Å². The Morgan fingerprint density at radius 1 is 1.26 bits per heavy atom. The number of carbonyl (C=O) groups is 1. The molecule has 1 unspecified atom stereocenters. The Labute approximate surface area is 122 Å². The quantitative estimate of drug-likeness (QED) is 0.647. The maximum absolute atomic E-state index is 11.7. The molecule has 0 aliphatic heterocycles. The van der Waals surface area contributed by atoms with Crippen molar-refractivity contribution in [3.05, 3.63) is 28.2 Å². The number of nitrogen functional groups attached to an aromatic ring is 1. The van der Waals surface area contributed by atoms with Gasteiger partial charge in [-0.25, -0.2) is 0 Å². The third-order valence-corrected chi connectivity index (χ3v) is 4.51. The fourth-order valence-corrected chi connectivity index (χ4v) is 3.43. The van der Waals surface area contributed by atoms with Crippen molar-refractivity contribution in [2.24, 2.45) is 5.92 Å². The maximum atomic E-state index is 11.7. The van der Waals surface area contributed by atoms with Gasteiger partial charge >= 0.3 is 5.97 Å². The van der Waals surface area contributed by atoms with E-state index in [1.165, 1.54) is 12.8 Å². The summed E-state index contributed by atoms with van der Waals surface area (Å²) in [5.74, 6) is -1.02. The fourth-order valence-electron chi connectivity index (χ4n) is 3.05. The van der Waals surface area contributed by atoms with Crippen LogP contribution in [0.5, 0.6) is 0 Å². The molecule has 4 heteroatoms. The first-order valence-corrected chi connectivity index (χ1v) is 7.66. The molecule has 19 heavy (non-hydrogen) atoms. The molecular weight excluding hydrogens is 306 g/mol. The highest BCUT2D eigenvalue weighted by atomic mass is 79.9. The van der Waals surface area contributed by atoms with E-state index in [1.807, 2.05) is 12.1 Å². The summed E-state index contributed by atoms with van der Waals surface area (Å²) in [7, 11) is 0. The summed E-state index contributed by atoms with van der Waals surface area (Å²) < 4.78 is 0.886. The van der Waals surface area contributed by atoms with Gasteiger partial charge in [0.25, 0.3) is 0 Å². The van der Waals surface area contributed by atoms with Crippen LogP contribution < -0.4 is 5.73 Å². The highest BCUT2D eigenvalue weighted by molar-refractivity contribution is 9.10. The molecule has 0 bridgehead atoms. The van der Waals surface area contributed by atoms with Crippen LogP contribution in [0.25, 0.3) is 0 Å². The molecule has 3 N–H and O–H groups in total. The van der Waals surface area contributed by atoms with Gasteiger partial charge < -0.3 is 10.8 Å². The number of benzene rings is 1. The molecular formula is C15H20BrNO2. The van der Waals surface area contributed by atoms with Gasteiger partial charge in [-0.05, 0) is 42.5 Å². The van der Waals surface area contributed by atoms with Gasteiger partial charge in [0, 0.05) is 10.2 Å². The van der Waals surface area contributed by atoms with Gasteiger partial charge in [-0.1, -0.05) is 41.6 Å². The van der Waals surface area contributed by atoms with Crippen LogP contribution in [0.1, 0.15) is 50.0 Å². The number of hydrogen-bond acceptors (Lipinski definition) is 2. The van der Waals surface area contributed by atoms with Gasteiger partial charge in [-0.3, -0.25) is 4.79 Å². The maximum Gasteiger partial charge on any atom is 0.311 e. The lowest BCUT2D eigenvalue weighted by molar-refractivity contribution is -0.140. The van der Waals surface area contributed by atoms with Crippen molar-refractivity contribution in [2.75, 3.05) is 5.73 Å². The lowest BCUT2D eigenvalue weighted by Gasteiger charge is -2.24. The molecule has 1 aromatic rings. The van der Waals surface area contributed by atoms with E-state index in [9.17, 15) is 9.90 Å². The van der Waals surface area contributed by atoms with E-state index < -0.39 is 11.9 Å². The second kappa shape index (κ2) is 6.42. The molecule has 0 spiro atoms. The predicted molar refractivity (Wildman–Crippen MR) is 80.1 cm³/mol. The molecule has 0 radical (unpaired) electrons. The van der Waals surface area contributed by atoms with Gasteiger partial charge in [0.2, 0.25) is 0 Å². The van der Waals surface area contributed by atoms with Crippen molar-refractivity contribution in [3.63, 3.8) is 0 Å². The van der Waals surface area contributed by atoms with Gasteiger partial charge in [-0.2, -0.15) is 0 Å². The predicted octanol–water partition coefficient (Wildman–Crippen LogP) is 4.17. The zero-order chi connectivity index (χ0) is 13.8. The summed E-state index contributed by atoms with van der Waals surface area (Å²) >= 11 is 3.40. The number of rotatable bonds is 3. The molecule has 0 saturated heterocycles. The van der Waals surface area contributed by atoms with E-state index in [-0.39, 0.29) is 5.92 Å². The van der Waals surface area contributed by atoms with E-state index >= 15 is 0 Å². The largest absolute Gasteiger partial charge is 0.481 e. The molecule has 0 aromatic heterocycles. The fraction of sp³-hybridized carbons (Fsp3) is 0.533. The average Bonchev–Trinajstić information content (AvgIpc) is 2.62. The Kier molecular flexibility index (Phi) is 4.86. The van der Waals surface area contributed by atoms with Crippen molar-refractivity contribution in [1.82, 2.24) is 0 Å². The first-order chi connectivity index (χ1) is 9.09. The summed E-state index contributed by atoms with van der Waals surface area (Å²) in [4.78, 5) is 11.7. The second-order valence-electron chi connectivity index (χ2n) is 5.34. The summed E-state index contributed by atoms with van der Waals surface area (Å²) in [5, 5.41) is 9.62. The highest BCUT2D eigenvalue weighted by Gasteiger charge is 2.31. The molecule has 3 nitrogen and oxygen atoms in total. The first-order valence-electron chi connectivity index (χ1n) is 6.87. The van der Waals surface area contributed by atoms with Crippen LogP contribution in [0.15, 0.2) is 22.7 Å². The van der Waals surface area contributed by atoms with Crippen molar-refractivity contribution < 1.29 is 9.90 Å². The Morgan fingerprint density at radius 3 is 2.47 bits per heavy atom. The number of anilines is 1. The van der Waals surface area contributed by atoms with Crippen LogP contribution in [0.2, 0.25) is 0 Å². The molecule has 0 amide bonds. The summed E-state index contributed by atoms with van der Waals surface area (Å²) in [6.07, 6.45) is 6.67. The van der Waals surface area contributed by atoms with Crippen LogP contribution >= 0.6 is 15.9 Å². The Hall–Kier alpha value is -1.03. The summed E-state index contributed by atoms with van der Waals surface area (Å²) in [6.45, 7) is 0. The lowest BCUT2D eigenvalue weighted by atomic mass is 9.81. The Balaban J connectivity index is 2.33. The van der Waals surface area contributed by atoms with Crippen molar-refractivity contribution in [2.45, 2.75) is 44.4 Å². The van der Waals surface area contributed by atoms with Gasteiger partial charge in [-0.15, -0.1) is 0 Å². The third kappa shape index (κ3) is 3.50. The van der Waals surface area contributed by atoms with Crippen LogP contribution in [0.3, 0.4) is 0 Å². The SMILES string of the molecule is Nc1ccc(Br)cc1C(C(=O)O)C1CCCCCC1. The zero-order valence-electron chi connectivity index (χ0n) is 10.9. The molecule has 104 valence electrons. The smallest absolute Gasteiger partial charge is 0.311 e. The Bertz CT molecular complexity index is 453. The zero-order valence-corrected chi connectivity index (χ0v) is 12.5. The van der Waals surface area contributed by atoms with Gasteiger partial charge in [0.15, 0.2) is 0 Å². The van der Waals surface area contributed by atoms with Crippen LogP contribution in [0.4, 0.5) is 5.69 Å². The van der Waals surface area contributed by atoms with E-state index in [0.29, 0.717) is 5.69 Å². The molecule has 1 aromatic carbocycles. The highest BCUT2D eigenvalue weighted by Crippen LogP contribution is 2.38. The topological polar surface area (TPSA) is 63.3 Å². The average molecular weight is 326 g/mol. The second-order valence-corrected chi connectivity index (χ2v) is 6.26. The van der Waals surface area contributed by atoms with Crippen molar-refractivity contribution in [3.8, 4) is 0 Å². The number of aliphatic carboxylic acids is 1. The first kappa shape index (κ1) is 14.4. The molecule has 1 saturated carbocycles. The lowest BCUT2D eigenvalue weighted by Crippen LogP contribution is -2.22. The molecule has 1 aliphatic carbocycles. The van der Waals surface area contributed by atoms with Crippen LogP contribution in [-0.4, -0.2) is 11.1 Å². The number of hydrogen-bond donors (Lipinski definition) is 2. The van der Waals surface area contributed by atoms with Crippen LogP contribution in [-0.2, 0) is 4.79 Å². The normalized spacial score (nSPS) is 18.8. The van der Waals surface area contributed by atoms with Crippen LogP contribution in [0, 0.1) is 5.92 Å². The minimum absolute atomic E-state index is 0.205. The van der Waals surface area contributed by atoms with E-state index in [4.69, 9.17) is 5.73 Å². The third-order valence-electron chi connectivity index (χ3n) is 4.02. The Morgan fingerprint density at radius 2 is 1.89 bits per heavy atom. The van der Waals surface area contributed by atoms with E-state index in [0.717, 1.165) is 35.7 Å². The summed E-state index contributed by atoms with van der Waals surface area (Å²) in [5.41, 5.74) is 7.33. The number of carboxylic acid groups (broad SMARTS) is 1. The molecule has 1 fully saturated rings. The monoisotopic (exact) mass is 325 g/mol. The van der Waals surface area contributed by atoms with Gasteiger partial charge in [0.1, 0.15) is 0 Å². The number of nitrogens with two attached hydrogens (primary N) is 1. The molecule has 1 aliphatic rings. The molecule has 1 atom stereocenters. The minimum Gasteiger partial charge on any atom is -0.481 e.